The van der Waals surface area contributed by atoms with Gasteiger partial charge in [-0.3, -0.25) is 0 Å². The average Bonchev–Trinajstić information content (AvgIpc) is 3.09. The summed E-state index contributed by atoms with van der Waals surface area (Å²) in [6.07, 6.45) is 53.6. The van der Waals surface area contributed by atoms with Crippen molar-refractivity contribution in [3.63, 3.8) is 0 Å². The van der Waals surface area contributed by atoms with Gasteiger partial charge < -0.3 is 9.80 Å². The molecule has 0 unspecified atom stereocenters. The normalized spacial score (nSPS) is 11.9. The van der Waals surface area contributed by atoms with E-state index in [2.05, 4.69) is 37.6 Å². The second-order valence-electron chi connectivity index (χ2n) is 16.2. The Morgan fingerprint density at radius 1 is 0.208 bits per heavy atom. The Balaban J connectivity index is 4.02. The first kappa shape index (κ1) is 47.9. The summed E-state index contributed by atoms with van der Waals surface area (Å²) in [6.45, 7) is 13.5. The van der Waals surface area contributed by atoms with E-state index in [1.54, 1.807) is 0 Å². The van der Waals surface area contributed by atoms with Crippen LogP contribution >= 0.6 is 0 Å². The van der Waals surface area contributed by atoms with Crippen molar-refractivity contribution in [2.75, 3.05) is 39.8 Å². The zero-order valence-corrected chi connectivity index (χ0v) is 34.6. The van der Waals surface area contributed by atoms with Crippen molar-refractivity contribution in [2.45, 2.75) is 258 Å². The monoisotopic (exact) mass is 677 g/mol. The largest absolute Gasteiger partial charge is 0.306 e. The molecule has 290 valence electrons. The van der Waals surface area contributed by atoms with E-state index >= 15 is 0 Å². The third kappa shape index (κ3) is 40.4. The fourth-order valence-corrected chi connectivity index (χ4v) is 7.59. The molecule has 0 aromatic rings. The highest BCUT2D eigenvalue weighted by Gasteiger charge is 2.07. The van der Waals surface area contributed by atoms with Crippen LogP contribution in [0, 0.1) is 0 Å². The van der Waals surface area contributed by atoms with E-state index in [0.717, 1.165) is 0 Å². The molecule has 48 heavy (non-hydrogen) atoms. The molecule has 0 aliphatic rings. The van der Waals surface area contributed by atoms with Gasteiger partial charge in [0, 0.05) is 0 Å². The van der Waals surface area contributed by atoms with E-state index in [1.807, 2.05) is 0 Å². The SMILES string of the molecule is CCCCCCCCCCCCCCN(C)CCCN(CCCCCCCCCCCCCC)CCCCCCCCCCCCCC. The molecule has 0 radical (unpaired) electrons. The van der Waals surface area contributed by atoms with Crippen LogP contribution in [0.3, 0.4) is 0 Å². The van der Waals surface area contributed by atoms with Gasteiger partial charge >= 0.3 is 0 Å². The first-order valence-electron chi connectivity index (χ1n) is 23.1. The van der Waals surface area contributed by atoms with Gasteiger partial charge in [0.15, 0.2) is 0 Å². The number of unbranched alkanes of at least 4 members (excludes halogenated alkanes) is 33. The van der Waals surface area contributed by atoms with E-state index in [-0.39, 0.29) is 0 Å². The van der Waals surface area contributed by atoms with Crippen molar-refractivity contribution in [3.8, 4) is 0 Å². The molecule has 0 bridgehead atoms. The fourth-order valence-electron chi connectivity index (χ4n) is 7.59. The van der Waals surface area contributed by atoms with Crippen molar-refractivity contribution >= 4 is 0 Å². The highest BCUT2D eigenvalue weighted by molar-refractivity contribution is 4.63. The second kappa shape index (κ2) is 43.1. The van der Waals surface area contributed by atoms with E-state index in [1.165, 1.54) is 270 Å². The number of rotatable bonds is 43. The molecule has 0 saturated carbocycles. The molecule has 0 N–H and O–H groups in total. The lowest BCUT2D eigenvalue weighted by Gasteiger charge is -2.24. The maximum absolute atomic E-state index is 2.85. The molecule has 0 fully saturated rings. The van der Waals surface area contributed by atoms with Crippen LogP contribution in [-0.4, -0.2) is 49.6 Å². The maximum atomic E-state index is 2.85. The van der Waals surface area contributed by atoms with E-state index < -0.39 is 0 Å². The zero-order valence-electron chi connectivity index (χ0n) is 34.6. The number of hydrogen-bond acceptors (Lipinski definition) is 2. The van der Waals surface area contributed by atoms with Gasteiger partial charge in [0.05, 0.1) is 0 Å². The van der Waals surface area contributed by atoms with Gasteiger partial charge in [0.25, 0.3) is 0 Å². The minimum atomic E-state index is 1.28. The number of nitrogens with zero attached hydrogens (tertiary/aromatic N) is 2. The van der Waals surface area contributed by atoms with Crippen molar-refractivity contribution in [1.82, 2.24) is 9.80 Å². The standard InChI is InChI=1S/C46H96N2/c1-5-8-11-14-17-20-23-26-29-32-35-38-42-47(4)43-41-46-48(44-39-36-33-30-27-24-21-18-15-12-9-6-2)45-40-37-34-31-28-25-22-19-16-13-10-7-3/h5-46H2,1-4H3. The second-order valence-corrected chi connectivity index (χ2v) is 16.2. The Morgan fingerprint density at radius 3 is 0.667 bits per heavy atom. The summed E-state index contributed by atoms with van der Waals surface area (Å²) < 4.78 is 0. The zero-order chi connectivity index (χ0) is 34.9. The van der Waals surface area contributed by atoms with Crippen molar-refractivity contribution in [3.05, 3.63) is 0 Å². The predicted molar refractivity (Wildman–Crippen MR) is 222 cm³/mol. The molecule has 0 aromatic carbocycles. The highest BCUT2D eigenvalue weighted by Crippen LogP contribution is 2.15. The first-order chi connectivity index (χ1) is 23.7. The van der Waals surface area contributed by atoms with Crippen LogP contribution < -0.4 is 0 Å². The van der Waals surface area contributed by atoms with Crippen LogP contribution in [0.4, 0.5) is 0 Å². The Labute approximate surface area is 307 Å². The third-order valence-corrected chi connectivity index (χ3v) is 11.1. The van der Waals surface area contributed by atoms with Gasteiger partial charge in [-0.05, 0) is 65.5 Å². The third-order valence-electron chi connectivity index (χ3n) is 11.1. The molecular formula is C46H96N2. The quantitative estimate of drug-likeness (QED) is 0.0593. The van der Waals surface area contributed by atoms with E-state index in [4.69, 9.17) is 0 Å². The van der Waals surface area contributed by atoms with Crippen LogP contribution in [0.1, 0.15) is 258 Å². The molecule has 0 saturated heterocycles. The summed E-state index contributed by atoms with van der Waals surface area (Å²) in [4.78, 5) is 5.48. The van der Waals surface area contributed by atoms with Gasteiger partial charge in [-0.2, -0.15) is 0 Å². The predicted octanol–water partition coefficient (Wildman–Crippen LogP) is 15.7. The van der Waals surface area contributed by atoms with Gasteiger partial charge in [0.2, 0.25) is 0 Å². The molecule has 0 aliphatic carbocycles. The minimum absolute atomic E-state index is 1.28. The molecule has 0 spiro atoms. The molecular weight excluding hydrogens is 581 g/mol. The molecule has 0 rings (SSSR count). The van der Waals surface area contributed by atoms with Gasteiger partial charge in [0.1, 0.15) is 0 Å². The average molecular weight is 677 g/mol. The molecule has 2 nitrogen and oxygen atoms in total. The summed E-state index contributed by atoms with van der Waals surface area (Å²) in [6, 6.07) is 0. The molecule has 0 aliphatic heterocycles. The van der Waals surface area contributed by atoms with Crippen molar-refractivity contribution < 1.29 is 0 Å². The Morgan fingerprint density at radius 2 is 0.396 bits per heavy atom. The Kier molecular flexibility index (Phi) is 43.0. The summed E-state index contributed by atoms with van der Waals surface area (Å²) in [5.41, 5.74) is 0. The first-order valence-corrected chi connectivity index (χ1v) is 23.1. The summed E-state index contributed by atoms with van der Waals surface area (Å²) in [5.74, 6) is 0. The molecule has 0 heterocycles. The summed E-state index contributed by atoms with van der Waals surface area (Å²) >= 11 is 0. The van der Waals surface area contributed by atoms with Gasteiger partial charge in [-0.15, -0.1) is 0 Å². The smallest absolute Gasteiger partial charge is 0.000655 e. The van der Waals surface area contributed by atoms with Crippen molar-refractivity contribution in [2.24, 2.45) is 0 Å². The minimum Gasteiger partial charge on any atom is -0.306 e. The summed E-state index contributed by atoms with van der Waals surface area (Å²) in [5, 5.41) is 0. The van der Waals surface area contributed by atoms with Crippen LogP contribution in [0.25, 0.3) is 0 Å². The maximum Gasteiger partial charge on any atom is -0.000655 e. The van der Waals surface area contributed by atoms with Gasteiger partial charge in [-0.1, -0.05) is 233 Å². The number of hydrogen-bond donors (Lipinski definition) is 0. The Hall–Kier alpha value is -0.0800. The highest BCUT2D eigenvalue weighted by atomic mass is 15.1. The molecule has 0 amide bonds. The van der Waals surface area contributed by atoms with Crippen LogP contribution in [0.5, 0.6) is 0 Å². The lowest BCUT2D eigenvalue weighted by atomic mass is 10.0. The van der Waals surface area contributed by atoms with Gasteiger partial charge in [-0.25, -0.2) is 0 Å². The lowest BCUT2D eigenvalue weighted by molar-refractivity contribution is 0.234. The van der Waals surface area contributed by atoms with E-state index in [0.29, 0.717) is 0 Å². The molecule has 0 aromatic heterocycles. The molecule has 2 heteroatoms. The van der Waals surface area contributed by atoms with Crippen molar-refractivity contribution in [1.29, 1.82) is 0 Å². The van der Waals surface area contributed by atoms with Crippen LogP contribution in [-0.2, 0) is 0 Å². The Bertz CT molecular complexity index is 520. The van der Waals surface area contributed by atoms with E-state index in [9.17, 15) is 0 Å². The lowest BCUT2D eigenvalue weighted by Crippen LogP contribution is -2.30. The topological polar surface area (TPSA) is 6.48 Å². The van der Waals surface area contributed by atoms with Crippen LogP contribution in [0.2, 0.25) is 0 Å². The van der Waals surface area contributed by atoms with Crippen LogP contribution in [0.15, 0.2) is 0 Å². The fraction of sp³-hybridized carbons (Fsp3) is 1.00. The summed E-state index contributed by atoms with van der Waals surface area (Å²) in [7, 11) is 2.37. The molecule has 0 atom stereocenters.